The third kappa shape index (κ3) is 7.80. The number of sulfonamides is 1. The SMILES string of the molecule is CN(CCCCNC(=O)OC(C)(C)C)S(=O)(=O)c1ccc(Cl)c(C(O)C(=O)c2ccccc2)c1. The maximum atomic E-state index is 13.0. The van der Waals surface area contributed by atoms with E-state index in [1.807, 2.05) is 0 Å². The van der Waals surface area contributed by atoms with Crippen LogP contribution in [0.15, 0.2) is 53.4 Å². The van der Waals surface area contributed by atoms with E-state index in [1.165, 1.54) is 29.6 Å². The summed E-state index contributed by atoms with van der Waals surface area (Å²) in [4.78, 5) is 24.2. The van der Waals surface area contributed by atoms with Gasteiger partial charge in [0.05, 0.1) is 4.90 Å². The van der Waals surface area contributed by atoms with Crippen molar-refractivity contribution in [3.63, 3.8) is 0 Å². The zero-order chi connectivity index (χ0) is 25.5. The lowest BCUT2D eigenvalue weighted by molar-refractivity contribution is 0.0526. The molecule has 0 fully saturated rings. The maximum Gasteiger partial charge on any atom is 0.407 e. The van der Waals surface area contributed by atoms with Crippen LogP contribution in [0.25, 0.3) is 0 Å². The Morgan fingerprint density at radius 1 is 1.12 bits per heavy atom. The number of unbranched alkanes of at least 4 members (excludes halogenated alkanes) is 1. The monoisotopic (exact) mass is 510 g/mol. The number of halogens is 1. The number of hydrogen-bond acceptors (Lipinski definition) is 6. The molecule has 0 spiro atoms. The van der Waals surface area contributed by atoms with Crippen LogP contribution in [0.5, 0.6) is 0 Å². The van der Waals surface area contributed by atoms with Crippen LogP contribution in [-0.2, 0) is 14.8 Å². The van der Waals surface area contributed by atoms with Crippen molar-refractivity contribution in [3.05, 3.63) is 64.7 Å². The van der Waals surface area contributed by atoms with E-state index in [2.05, 4.69) is 5.32 Å². The number of alkyl carbamates (subject to hydrolysis) is 1. The number of Topliss-reactive ketones (excluding diaryl/α,β-unsaturated/α-hetero) is 1. The van der Waals surface area contributed by atoms with Gasteiger partial charge in [0, 0.05) is 36.3 Å². The quantitative estimate of drug-likeness (QED) is 0.366. The van der Waals surface area contributed by atoms with Crippen molar-refractivity contribution >= 4 is 33.5 Å². The standard InChI is InChI=1S/C24H31ClN2O6S/c1-24(2,3)33-23(30)26-14-8-9-15-27(4)34(31,32)18-12-13-20(25)19(16-18)22(29)21(28)17-10-6-5-7-11-17/h5-7,10-13,16,22,29H,8-9,14-15H2,1-4H3,(H,26,30). The van der Waals surface area contributed by atoms with E-state index in [4.69, 9.17) is 16.3 Å². The molecule has 0 heterocycles. The highest BCUT2D eigenvalue weighted by atomic mass is 35.5. The number of hydrogen-bond donors (Lipinski definition) is 2. The number of amides is 1. The molecule has 2 aromatic carbocycles. The van der Waals surface area contributed by atoms with E-state index in [1.54, 1.807) is 51.1 Å². The average Bonchev–Trinajstić information content (AvgIpc) is 2.77. The Hall–Kier alpha value is -2.46. The minimum Gasteiger partial charge on any atom is -0.444 e. The van der Waals surface area contributed by atoms with Crippen molar-refractivity contribution in [1.82, 2.24) is 9.62 Å². The van der Waals surface area contributed by atoms with Crippen molar-refractivity contribution in [2.45, 2.75) is 50.2 Å². The summed E-state index contributed by atoms with van der Waals surface area (Å²) in [6, 6.07) is 12.1. The summed E-state index contributed by atoms with van der Waals surface area (Å²) in [5.41, 5.74) is -0.280. The lowest BCUT2D eigenvalue weighted by Crippen LogP contribution is -2.33. The van der Waals surface area contributed by atoms with Crippen LogP contribution >= 0.6 is 11.6 Å². The Kier molecular flexibility index (Phi) is 9.64. The van der Waals surface area contributed by atoms with Crippen LogP contribution in [0.4, 0.5) is 4.79 Å². The predicted octanol–water partition coefficient (Wildman–Crippen LogP) is 4.18. The van der Waals surface area contributed by atoms with Crippen molar-refractivity contribution in [2.24, 2.45) is 0 Å². The number of carbonyl (C=O) groups excluding carboxylic acids is 2. The Morgan fingerprint density at radius 2 is 1.76 bits per heavy atom. The molecule has 0 aliphatic heterocycles. The molecule has 2 aromatic rings. The van der Waals surface area contributed by atoms with E-state index in [0.29, 0.717) is 19.4 Å². The molecule has 1 amide bonds. The first kappa shape index (κ1) is 27.8. The second-order valence-corrected chi connectivity index (χ2v) is 11.2. The fraction of sp³-hybridized carbons (Fsp3) is 0.417. The minimum absolute atomic E-state index is 0.0200. The largest absolute Gasteiger partial charge is 0.444 e. The number of ether oxygens (including phenoxy) is 1. The molecule has 1 unspecified atom stereocenters. The van der Waals surface area contributed by atoms with Crippen molar-refractivity contribution in [1.29, 1.82) is 0 Å². The first-order valence-electron chi connectivity index (χ1n) is 10.8. The zero-order valence-electron chi connectivity index (χ0n) is 19.7. The molecule has 34 heavy (non-hydrogen) atoms. The van der Waals surface area contributed by atoms with Gasteiger partial charge in [-0.2, -0.15) is 0 Å². The molecule has 186 valence electrons. The highest BCUT2D eigenvalue weighted by Crippen LogP contribution is 2.29. The minimum atomic E-state index is -3.89. The number of rotatable bonds is 10. The van der Waals surface area contributed by atoms with Crippen molar-refractivity contribution < 1.29 is 27.9 Å². The van der Waals surface area contributed by atoms with Gasteiger partial charge in [-0.1, -0.05) is 41.9 Å². The molecule has 10 heteroatoms. The highest BCUT2D eigenvalue weighted by molar-refractivity contribution is 7.89. The summed E-state index contributed by atoms with van der Waals surface area (Å²) < 4.78 is 32.4. The number of aliphatic hydroxyl groups is 1. The first-order chi connectivity index (χ1) is 15.8. The number of nitrogens with one attached hydrogen (secondary N) is 1. The van der Waals surface area contributed by atoms with Gasteiger partial charge in [-0.15, -0.1) is 0 Å². The Morgan fingerprint density at radius 3 is 2.38 bits per heavy atom. The van der Waals surface area contributed by atoms with Crippen LogP contribution in [0.1, 0.15) is 55.6 Å². The number of ketones is 1. The molecule has 0 saturated heterocycles. The Bertz CT molecular complexity index is 1100. The van der Waals surface area contributed by atoms with Crippen LogP contribution in [0, 0.1) is 0 Å². The molecule has 8 nitrogen and oxygen atoms in total. The van der Waals surface area contributed by atoms with Gasteiger partial charge < -0.3 is 15.2 Å². The maximum absolute atomic E-state index is 13.0. The van der Waals surface area contributed by atoms with Gasteiger partial charge in [-0.25, -0.2) is 17.5 Å². The fourth-order valence-electron chi connectivity index (χ4n) is 3.06. The third-order valence-corrected chi connectivity index (χ3v) is 7.04. The molecule has 0 aliphatic carbocycles. The number of carbonyl (C=O) groups is 2. The number of aliphatic hydroxyl groups excluding tert-OH is 1. The molecule has 1 atom stereocenters. The zero-order valence-corrected chi connectivity index (χ0v) is 21.3. The predicted molar refractivity (Wildman–Crippen MR) is 130 cm³/mol. The molecule has 0 aliphatic rings. The van der Waals surface area contributed by atoms with E-state index in [-0.39, 0.29) is 27.6 Å². The van der Waals surface area contributed by atoms with E-state index in [0.717, 1.165) is 0 Å². The first-order valence-corrected chi connectivity index (χ1v) is 12.6. The molecule has 2 N–H and O–H groups in total. The van der Waals surface area contributed by atoms with Crippen LogP contribution in [-0.4, -0.2) is 55.4 Å². The second-order valence-electron chi connectivity index (χ2n) is 8.78. The average molecular weight is 511 g/mol. The topological polar surface area (TPSA) is 113 Å². The number of benzene rings is 2. The normalized spacial score (nSPS) is 12.9. The number of nitrogens with zero attached hydrogens (tertiary/aromatic N) is 1. The Labute approximate surface area is 205 Å². The van der Waals surface area contributed by atoms with E-state index >= 15 is 0 Å². The Balaban J connectivity index is 2.01. The van der Waals surface area contributed by atoms with Gasteiger partial charge in [-0.05, 0) is 51.8 Å². The highest BCUT2D eigenvalue weighted by Gasteiger charge is 2.26. The van der Waals surface area contributed by atoms with Gasteiger partial charge in [0.2, 0.25) is 10.0 Å². The molecule has 0 aromatic heterocycles. The van der Waals surface area contributed by atoms with Crippen molar-refractivity contribution in [2.75, 3.05) is 20.1 Å². The molecule has 2 rings (SSSR count). The molecule has 0 bridgehead atoms. The van der Waals surface area contributed by atoms with Crippen LogP contribution in [0.3, 0.4) is 0 Å². The van der Waals surface area contributed by atoms with Gasteiger partial charge in [-0.3, -0.25) is 4.79 Å². The molecular formula is C24H31ClN2O6S. The van der Waals surface area contributed by atoms with Gasteiger partial charge >= 0.3 is 6.09 Å². The van der Waals surface area contributed by atoms with Crippen LogP contribution < -0.4 is 5.32 Å². The van der Waals surface area contributed by atoms with Gasteiger partial charge in [0.25, 0.3) is 0 Å². The summed E-state index contributed by atoms with van der Waals surface area (Å²) in [7, 11) is -2.45. The summed E-state index contributed by atoms with van der Waals surface area (Å²) in [6.07, 6.45) is -1.07. The van der Waals surface area contributed by atoms with E-state index < -0.39 is 33.6 Å². The van der Waals surface area contributed by atoms with Gasteiger partial charge in [0.1, 0.15) is 11.7 Å². The van der Waals surface area contributed by atoms with Crippen molar-refractivity contribution in [3.8, 4) is 0 Å². The fourth-order valence-corrected chi connectivity index (χ4v) is 4.52. The summed E-state index contributed by atoms with van der Waals surface area (Å²) in [5.74, 6) is -0.581. The summed E-state index contributed by atoms with van der Waals surface area (Å²) in [6.45, 7) is 5.87. The van der Waals surface area contributed by atoms with Gasteiger partial charge in [0.15, 0.2) is 5.78 Å². The van der Waals surface area contributed by atoms with Crippen LogP contribution in [0.2, 0.25) is 5.02 Å². The lowest BCUT2D eigenvalue weighted by atomic mass is 10.00. The van der Waals surface area contributed by atoms with E-state index in [9.17, 15) is 23.1 Å². The summed E-state index contributed by atoms with van der Waals surface area (Å²) in [5, 5.41) is 13.3. The second kappa shape index (κ2) is 11.8. The summed E-state index contributed by atoms with van der Waals surface area (Å²) >= 11 is 6.17. The smallest absolute Gasteiger partial charge is 0.407 e. The molecule has 0 saturated carbocycles. The lowest BCUT2D eigenvalue weighted by Gasteiger charge is -2.20. The third-order valence-electron chi connectivity index (χ3n) is 4.84. The molecule has 0 radical (unpaired) electrons. The molecular weight excluding hydrogens is 480 g/mol.